The molecule has 1 aliphatic rings. The molecule has 0 saturated carbocycles. The van der Waals surface area contributed by atoms with Gasteiger partial charge in [-0.3, -0.25) is 19.7 Å². The van der Waals surface area contributed by atoms with Crippen LogP contribution >= 0.6 is 11.8 Å². The summed E-state index contributed by atoms with van der Waals surface area (Å²) < 4.78 is 0. The summed E-state index contributed by atoms with van der Waals surface area (Å²) in [7, 11) is 0. The number of hydrogen-bond donors (Lipinski definition) is 2. The number of benzene rings is 1. The van der Waals surface area contributed by atoms with Gasteiger partial charge in [-0.15, -0.1) is 5.10 Å². The molecule has 2 rings (SSSR count). The highest BCUT2D eigenvalue weighted by molar-refractivity contribution is 8.15. The van der Waals surface area contributed by atoms with Crippen molar-refractivity contribution in [2.75, 3.05) is 0 Å². The number of amides is 1. The molecule has 1 aliphatic heterocycles. The van der Waals surface area contributed by atoms with E-state index in [-0.39, 0.29) is 17.3 Å². The number of amidine groups is 1. The third-order valence-electron chi connectivity index (χ3n) is 2.57. The first-order valence-corrected chi connectivity index (χ1v) is 6.88. The summed E-state index contributed by atoms with van der Waals surface area (Å²) in [6.07, 6.45) is 1.00. The van der Waals surface area contributed by atoms with Gasteiger partial charge in [0.1, 0.15) is 5.25 Å². The average molecular weight is 322 g/mol. The van der Waals surface area contributed by atoms with Gasteiger partial charge < -0.3 is 10.4 Å². The largest absolute Gasteiger partial charge is 0.481 e. The lowest BCUT2D eigenvalue weighted by molar-refractivity contribution is -0.384. The zero-order chi connectivity index (χ0) is 16.1. The van der Waals surface area contributed by atoms with Crippen LogP contribution in [0.15, 0.2) is 34.5 Å². The zero-order valence-corrected chi connectivity index (χ0v) is 11.8. The van der Waals surface area contributed by atoms with Crippen molar-refractivity contribution in [1.29, 1.82) is 0 Å². The smallest absolute Gasteiger partial charge is 0.305 e. The number of carboxylic acid groups (broad SMARTS) is 1. The Morgan fingerprint density at radius 2 is 2.32 bits per heavy atom. The predicted molar refractivity (Wildman–Crippen MR) is 79.9 cm³/mol. The molecule has 0 spiro atoms. The standard InChI is InChI=1S/C12H10N4O5S/c17-10(18)5-9-11(19)14-12(22-9)15-13-6-7-2-1-3-8(4-7)16(20)21/h1-4,6,9H,5H2,(H,17,18)(H,14,15,19)/b13-6+/t9-/m1/s1. The normalized spacial score (nSPS) is 19.5. The van der Waals surface area contributed by atoms with Gasteiger partial charge in [0.2, 0.25) is 5.91 Å². The van der Waals surface area contributed by atoms with Gasteiger partial charge in [-0.05, 0) is 0 Å². The Hall–Kier alpha value is -2.75. The summed E-state index contributed by atoms with van der Waals surface area (Å²) in [5.74, 6) is -1.51. The van der Waals surface area contributed by atoms with Crippen LogP contribution in [-0.2, 0) is 9.59 Å². The molecule has 0 bridgehead atoms. The molecule has 1 atom stereocenters. The molecule has 1 heterocycles. The summed E-state index contributed by atoms with van der Waals surface area (Å²) in [5, 5.41) is 28.6. The van der Waals surface area contributed by atoms with Crippen LogP contribution < -0.4 is 5.32 Å². The first-order valence-electron chi connectivity index (χ1n) is 6.00. The summed E-state index contributed by atoms with van der Waals surface area (Å²) in [4.78, 5) is 32.2. The molecular weight excluding hydrogens is 312 g/mol. The van der Waals surface area contributed by atoms with Gasteiger partial charge in [0.05, 0.1) is 17.6 Å². The van der Waals surface area contributed by atoms with Crippen molar-refractivity contribution in [2.24, 2.45) is 10.2 Å². The molecular formula is C12H10N4O5S. The third-order valence-corrected chi connectivity index (χ3v) is 3.65. The van der Waals surface area contributed by atoms with Gasteiger partial charge in [-0.2, -0.15) is 5.10 Å². The number of nitrogens with one attached hydrogen (secondary N) is 1. The van der Waals surface area contributed by atoms with E-state index in [0.29, 0.717) is 5.56 Å². The maximum absolute atomic E-state index is 11.5. The molecule has 0 unspecified atom stereocenters. The fraction of sp³-hybridized carbons (Fsp3) is 0.167. The van der Waals surface area contributed by atoms with Crippen molar-refractivity contribution >= 4 is 40.7 Å². The maximum Gasteiger partial charge on any atom is 0.305 e. The van der Waals surface area contributed by atoms with Crippen LogP contribution in [0.25, 0.3) is 0 Å². The second-order valence-corrected chi connectivity index (χ2v) is 5.39. The lowest BCUT2D eigenvalue weighted by Gasteiger charge is -1.97. The molecule has 22 heavy (non-hydrogen) atoms. The highest BCUT2D eigenvalue weighted by Gasteiger charge is 2.32. The molecule has 2 N–H and O–H groups in total. The lowest BCUT2D eigenvalue weighted by atomic mass is 10.2. The lowest BCUT2D eigenvalue weighted by Crippen LogP contribution is -2.26. The Labute approximate surface area is 128 Å². The first-order chi connectivity index (χ1) is 10.5. The fourth-order valence-corrected chi connectivity index (χ4v) is 2.53. The minimum Gasteiger partial charge on any atom is -0.481 e. The number of hydrogen-bond acceptors (Lipinski definition) is 7. The van der Waals surface area contributed by atoms with E-state index in [1.54, 1.807) is 6.07 Å². The van der Waals surface area contributed by atoms with Crippen molar-refractivity contribution in [3.63, 3.8) is 0 Å². The summed E-state index contributed by atoms with van der Waals surface area (Å²) in [6.45, 7) is 0. The van der Waals surface area contributed by atoms with Crippen LogP contribution in [0.3, 0.4) is 0 Å². The molecule has 114 valence electrons. The van der Waals surface area contributed by atoms with Crippen LogP contribution in [-0.4, -0.2) is 38.5 Å². The van der Waals surface area contributed by atoms with E-state index in [2.05, 4.69) is 15.5 Å². The van der Waals surface area contributed by atoms with E-state index in [0.717, 1.165) is 11.8 Å². The summed E-state index contributed by atoms with van der Waals surface area (Å²) >= 11 is 0.977. The number of non-ortho nitro benzene ring substituents is 1. The van der Waals surface area contributed by atoms with Gasteiger partial charge >= 0.3 is 5.97 Å². The highest BCUT2D eigenvalue weighted by atomic mass is 32.2. The first kappa shape index (κ1) is 15.6. The molecule has 0 radical (unpaired) electrons. The molecule has 1 amide bonds. The molecule has 1 saturated heterocycles. The molecule has 1 aromatic rings. The Balaban J connectivity index is 2.03. The molecule has 9 nitrogen and oxygen atoms in total. The van der Waals surface area contributed by atoms with Crippen LogP contribution in [0.4, 0.5) is 5.69 Å². The second kappa shape index (κ2) is 6.80. The predicted octanol–water partition coefficient (Wildman–Crippen LogP) is 0.991. The number of aliphatic carboxylic acids is 1. The van der Waals surface area contributed by atoms with Crippen molar-refractivity contribution in [1.82, 2.24) is 5.32 Å². The Morgan fingerprint density at radius 1 is 1.55 bits per heavy atom. The Bertz CT molecular complexity index is 688. The Kier molecular flexibility index (Phi) is 4.84. The summed E-state index contributed by atoms with van der Waals surface area (Å²) in [6, 6.07) is 5.82. The number of nitrogens with zero attached hydrogens (tertiary/aromatic N) is 3. The van der Waals surface area contributed by atoms with E-state index in [9.17, 15) is 19.7 Å². The highest BCUT2D eigenvalue weighted by Crippen LogP contribution is 2.22. The van der Waals surface area contributed by atoms with Crippen molar-refractivity contribution < 1.29 is 19.6 Å². The van der Waals surface area contributed by atoms with E-state index in [4.69, 9.17) is 5.11 Å². The maximum atomic E-state index is 11.5. The molecule has 10 heteroatoms. The molecule has 0 aromatic heterocycles. The van der Waals surface area contributed by atoms with Gasteiger partial charge in [0, 0.05) is 17.7 Å². The average Bonchev–Trinajstić information content (AvgIpc) is 2.78. The zero-order valence-electron chi connectivity index (χ0n) is 11.0. The van der Waals surface area contributed by atoms with Gasteiger partial charge in [-0.1, -0.05) is 23.9 Å². The van der Waals surface area contributed by atoms with E-state index in [1.165, 1.54) is 24.4 Å². The number of thioether (sulfide) groups is 1. The van der Waals surface area contributed by atoms with Crippen molar-refractivity contribution in [3.8, 4) is 0 Å². The number of carbonyl (C=O) groups is 2. The van der Waals surface area contributed by atoms with Crippen LogP contribution in [0, 0.1) is 10.1 Å². The minimum absolute atomic E-state index is 0.0679. The Morgan fingerprint density at radius 3 is 3.00 bits per heavy atom. The quantitative estimate of drug-likeness (QED) is 0.471. The number of nitro benzene ring substituents is 1. The van der Waals surface area contributed by atoms with Crippen molar-refractivity contribution in [3.05, 3.63) is 39.9 Å². The van der Waals surface area contributed by atoms with Gasteiger partial charge in [0.15, 0.2) is 5.17 Å². The number of rotatable bonds is 5. The van der Waals surface area contributed by atoms with E-state index in [1.807, 2.05) is 0 Å². The van der Waals surface area contributed by atoms with E-state index >= 15 is 0 Å². The van der Waals surface area contributed by atoms with Crippen LogP contribution in [0.1, 0.15) is 12.0 Å². The molecule has 1 fully saturated rings. The number of carbonyl (C=O) groups excluding carboxylic acids is 1. The second-order valence-electron chi connectivity index (χ2n) is 4.20. The fourth-order valence-electron chi connectivity index (χ4n) is 1.61. The summed E-state index contributed by atoms with van der Waals surface area (Å²) in [5.41, 5.74) is 0.414. The molecule has 0 aliphatic carbocycles. The van der Waals surface area contributed by atoms with Crippen molar-refractivity contribution in [2.45, 2.75) is 11.7 Å². The van der Waals surface area contributed by atoms with Gasteiger partial charge in [-0.25, -0.2) is 0 Å². The van der Waals surface area contributed by atoms with Crippen LogP contribution in [0.5, 0.6) is 0 Å². The van der Waals surface area contributed by atoms with Gasteiger partial charge in [0.25, 0.3) is 5.69 Å². The molecule has 1 aromatic carbocycles. The number of nitro groups is 1. The SMILES string of the molecule is O=C(O)C[C@H]1S/C(=N\N=C\c2cccc([N+](=O)[O-])c2)NC1=O. The third kappa shape index (κ3) is 4.12. The number of carboxylic acids is 1. The monoisotopic (exact) mass is 322 g/mol. The van der Waals surface area contributed by atoms with E-state index < -0.39 is 22.0 Å². The van der Waals surface area contributed by atoms with Crippen LogP contribution in [0.2, 0.25) is 0 Å². The minimum atomic E-state index is -1.08. The topological polar surface area (TPSA) is 134 Å².